The Balaban J connectivity index is 1.63. The Hall–Kier alpha value is -2.43. The van der Waals surface area contributed by atoms with Gasteiger partial charge in [-0.15, -0.1) is 10.2 Å². The van der Waals surface area contributed by atoms with Crippen LogP contribution in [-0.4, -0.2) is 40.1 Å². The molecule has 126 valence electrons. The van der Waals surface area contributed by atoms with Crippen LogP contribution in [0.2, 0.25) is 0 Å². The van der Waals surface area contributed by atoms with Crippen molar-refractivity contribution in [1.29, 1.82) is 0 Å². The molecule has 24 heavy (non-hydrogen) atoms. The van der Waals surface area contributed by atoms with Crippen molar-refractivity contribution in [1.82, 2.24) is 15.1 Å². The third-order valence-electron chi connectivity index (χ3n) is 4.31. The average molecular weight is 324 g/mol. The molecule has 1 fully saturated rings. The molecule has 0 saturated carbocycles. The molecule has 1 aromatic carbocycles. The van der Waals surface area contributed by atoms with Crippen LogP contribution in [-0.2, 0) is 4.79 Å². The van der Waals surface area contributed by atoms with Gasteiger partial charge in [0.2, 0.25) is 5.91 Å². The Labute approximate surface area is 143 Å². The molecule has 0 radical (unpaired) electrons. The first-order valence-electron chi connectivity index (χ1n) is 8.58. The van der Waals surface area contributed by atoms with Gasteiger partial charge in [-0.2, -0.15) is 0 Å². The molecule has 1 aromatic heterocycles. The van der Waals surface area contributed by atoms with E-state index >= 15 is 0 Å². The maximum Gasteiger partial charge on any atom is 0.225 e. The summed E-state index contributed by atoms with van der Waals surface area (Å²) in [6, 6.07) is 14.2. The fourth-order valence-electron chi connectivity index (χ4n) is 3.04. The summed E-state index contributed by atoms with van der Waals surface area (Å²) < 4.78 is 0. The lowest BCUT2D eigenvalue weighted by Crippen LogP contribution is -2.46. The van der Waals surface area contributed by atoms with Crippen molar-refractivity contribution in [3.8, 4) is 11.3 Å². The van der Waals surface area contributed by atoms with Gasteiger partial charge in [-0.05, 0) is 25.0 Å². The van der Waals surface area contributed by atoms with Crippen LogP contribution in [0.15, 0.2) is 42.5 Å². The van der Waals surface area contributed by atoms with Crippen molar-refractivity contribution in [2.75, 3.05) is 18.4 Å². The zero-order valence-corrected chi connectivity index (χ0v) is 14.3. The lowest BCUT2D eigenvalue weighted by molar-refractivity contribution is -0.135. The van der Waals surface area contributed by atoms with E-state index in [4.69, 9.17) is 0 Å². The zero-order chi connectivity index (χ0) is 16.9. The molecule has 1 N–H and O–H groups in total. The van der Waals surface area contributed by atoms with Crippen LogP contribution in [0.1, 0.15) is 26.7 Å². The summed E-state index contributed by atoms with van der Waals surface area (Å²) >= 11 is 0. The van der Waals surface area contributed by atoms with Gasteiger partial charge in [0.15, 0.2) is 0 Å². The number of amides is 1. The summed E-state index contributed by atoms with van der Waals surface area (Å²) in [6.45, 7) is 5.49. The molecule has 1 atom stereocenters. The van der Waals surface area contributed by atoms with E-state index < -0.39 is 0 Å². The lowest BCUT2D eigenvalue weighted by Gasteiger charge is -2.34. The highest BCUT2D eigenvalue weighted by Gasteiger charge is 2.25. The first-order valence-corrected chi connectivity index (χ1v) is 8.58. The molecule has 2 heterocycles. The molecular weight excluding hydrogens is 300 g/mol. The van der Waals surface area contributed by atoms with Crippen LogP contribution < -0.4 is 5.32 Å². The number of rotatable bonds is 4. The third-order valence-corrected chi connectivity index (χ3v) is 4.31. The second-order valence-corrected chi connectivity index (χ2v) is 6.59. The van der Waals surface area contributed by atoms with Gasteiger partial charge in [-0.1, -0.05) is 44.2 Å². The number of hydrogen-bond acceptors (Lipinski definition) is 4. The van der Waals surface area contributed by atoms with Crippen molar-refractivity contribution in [3.63, 3.8) is 0 Å². The van der Waals surface area contributed by atoms with E-state index in [1.165, 1.54) is 0 Å². The quantitative estimate of drug-likeness (QED) is 0.938. The van der Waals surface area contributed by atoms with Gasteiger partial charge in [-0.25, -0.2) is 0 Å². The van der Waals surface area contributed by atoms with Crippen LogP contribution in [0.25, 0.3) is 11.3 Å². The zero-order valence-electron chi connectivity index (χ0n) is 14.3. The topological polar surface area (TPSA) is 58.1 Å². The van der Waals surface area contributed by atoms with E-state index in [1.54, 1.807) is 0 Å². The van der Waals surface area contributed by atoms with Gasteiger partial charge in [0, 0.05) is 30.6 Å². The maximum atomic E-state index is 12.2. The molecule has 1 aliphatic heterocycles. The monoisotopic (exact) mass is 324 g/mol. The molecular formula is C19H24N4O. The van der Waals surface area contributed by atoms with Gasteiger partial charge < -0.3 is 10.2 Å². The lowest BCUT2D eigenvalue weighted by atomic mass is 10.0. The highest BCUT2D eigenvalue weighted by Crippen LogP contribution is 2.19. The van der Waals surface area contributed by atoms with E-state index in [9.17, 15) is 4.79 Å². The molecule has 0 bridgehead atoms. The van der Waals surface area contributed by atoms with Gasteiger partial charge in [-0.3, -0.25) is 4.79 Å². The number of carbonyl (C=O) groups excluding carboxylic acids is 1. The summed E-state index contributed by atoms with van der Waals surface area (Å²) in [5, 5.41) is 12.0. The summed E-state index contributed by atoms with van der Waals surface area (Å²) in [7, 11) is 0. The highest BCUT2D eigenvalue weighted by molar-refractivity contribution is 5.78. The number of nitrogens with zero attached hydrogens (tertiary/aromatic N) is 3. The standard InChI is InChI=1S/C19H24N4O/c1-14(2)19(24)23-12-6-9-16(13-23)20-18-11-10-17(21-22-18)15-7-4-3-5-8-15/h3-5,7-8,10-11,14,16H,6,9,12-13H2,1-2H3,(H,20,22). The molecule has 0 spiro atoms. The Bertz CT molecular complexity index is 670. The first-order chi connectivity index (χ1) is 11.6. The number of piperidine rings is 1. The number of carbonyl (C=O) groups is 1. The molecule has 3 rings (SSSR count). The van der Waals surface area contributed by atoms with Gasteiger partial charge >= 0.3 is 0 Å². The van der Waals surface area contributed by atoms with Crippen molar-refractivity contribution in [2.45, 2.75) is 32.7 Å². The number of aromatic nitrogens is 2. The second kappa shape index (κ2) is 7.43. The van der Waals surface area contributed by atoms with Crippen LogP contribution in [0.4, 0.5) is 5.82 Å². The fourth-order valence-corrected chi connectivity index (χ4v) is 3.04. The third kappa shape index (κ3) is 3.91. The second-order valence-electron chi connectivity index (χ2n) is 6.59. The molecule has 1 saturated heterocycles. The van der Waals surface area contributed by atoms with Crippen LogP contribution in [0, 0.1) is 5.92 Å². The predicted molar refractivity (Wildman–Crippen MR) is 95.5 cm³/mol. The molecule has 5 nitrogen and oxygen atoms in total. The maximum absolute atomic E-state index is 12.2. The number of likely N-dealkylation sites (tertiary alicyclic amines) is 1. The van der Waals surface area contributed by atoms with E-state index in [-0.39, 0.29) is 17.9 Å². The number of nitrogens with one attached hydrogen (secondary N) is 1. The van der Waals surface area contributed by atoms with E-state index in [1.807, 2.05) is 61.2 Å². The molecule has 1 aliphatic rings. The minimum atomic E-state index is 0.0497. The van der Waals surface area contributed by atoms with Crippen molar-refractivity contribution < 1.29 is 4.79 Å². The molecule has 1 amide bonds. The van der Waals surface area contributed by atoms with E-state index in [0.29, 0.717) is 0 Å². The summed E-state index contributed by atoms with van der Waals surface area (Å²) in [6.07, 6.45) is 2.07. The Morgan fingerprint density at radius 3 is 2.62 bits per heavy atom. The van der Waals surface area contributed by atoms with Crippen molar-refractivity contribution in [3.05, 3.63) is 42.5 Å². The van der Waals surface area contributed by atoms with Crippen LogP contribution in [0.5, 0.6) is 0 Å². The average Bonchev–Trinajstić information content (AvgIpc) is 2.62. The Kier molecular flexibility index (Phi) is 5.08. The Morgan fingerprint density at radius 2 is 1.96 bits per heavy atom. The van der Waals surface area contributed by atoms with Crippen LogP contribution in [0.3, 0.4) is 0 Å². The number of benzene rings is 1. The number of hydrogen-bond donors (Lipinski definition) is 1. The van der Waals surface area contributed by atoms with E-state index in [2.05, 4.69) is 15.5 Å². The summed E-state index contributed by atoms with van der Waals surface area (Å²) in [5.74, 6) is 1.04. The summed E-state index contributed by atoms with van der Waals surface area (Å²) in [4.78, 5) is 14.1. The largest absolute Gasteiger partial charge is 0.364 e. The summed E-state index contributed by atoms with van der Waals surface area (Å²) in [5.41, 5.74) is 1.92. The van der Waals surface area contributed by atoms with Gasteiger partial charge in [0.25, 0.3) is 0 Å². The van der Waals surface area contributed by atoms with Gasteiger partial charge in [0.1, 0.15) is 5.82 Å². The van der Waals surface area contributed by atoms with E-state index in [0.717, 1.165) is 43.0 Å². The fraction of sp³-hybridized carbons (Fsp3) is 0.421. The number of anilines is 1. The highest BCUT2D eigenvalue weighted by atomic mass is 16.2. The minimum Gasteiger partial charge on any atom is -0.364 e. The van der Waals surface area contributed by atoms with Crippen LogP contribution >= 0.6 is 0 Å². The smallest absolute Gasteiger partial charge is 0.225 e. The minimum absolute atomic E-state index is 0.0497. The predicted octanol–water partition coefficient (Wildman–Crippen LogP) is 3.20. The molecule has 0 aliphatic carbocycles. The Morgan fingerprint density at radius 1 is 1.17 bits per heavy atom. The van der Waals surface area contributed by atoms with Gasteiger partial charge in [0.05, 0.1) is 5.69 Å². The SMILES string of the molecule is CC(C)C(=O)N1CCCC(Nc2ccc(-c3ccccc3)nn2)C1. The molecule has 1 unspecified atom stereocenters. The first kappa shape index (κ1) is 16.4. The van der Waals surface area contributed by atoms with Crippen molar-refractivity contribution >= 4 is 11.7 Å². The normalized spacial score (nSPS) is 17.8. The molecule has 5 heteroatoms. The van der Waals surface area contributed by atoms with Crippen molar-refractivity contribution in [2.24, 2.45) is 5.92 Å². The molecule has 2 aromatic rings.